The molecule has 1 fully saturated rings. The van der Waals surface area contributed by atoms with Crippen LogP contribution in [0.1, 0.15) is 36.1 Å². The van der Waals surface area contributed by atoms with Crippen LogP contribution in [0.2, 0.25) is 0 Å². The maximum atomic E-state index is 11.2. The highest BCUT2D eigenvalue weighted by Crippen LogP contribution is 2.30. The van der Waals surface area contributed by atoms with Crippen molar-refractivity contribution >= 4 is 23.1 Å². The van der Waals surface area contributed by atoms with E-state index in [2.05, 4.69) is 106 Å². The molecule has 36 heavy (non-hydrogen) atoms. The molecule has 0 spiro atoms. The van der Waals surface area contributed by atoms with E-state index in [0.29, 0.717) is 5.95 Å². The van der Waals surface area contributed by atoms with E-state index >= 15 is 0 Å². The van der Waals surface area contributed by atoms with Crippen LogP contribution in [0.25, 0.3) is 11.0 Å². The topological polar surface area (TPSA) is 73.6 Å². The Hall–Kier alpha value is -3.68. The molecular weight excluding hydrogens is 450 g/mol. The first-order valence-corrected chi connectivity index (χ1v) is 12.7. The standard InChI is InChI=1S/C29H33N5O2/c1-2-15-34-26-14-13-22(20-25(26)30-28(34)31-29(35)36)21-32-16-18-33(19-17-32)27(23-9-5-3-6-10-23)24-11-7-4-8-12-24/h3-14,20,27H,2,15-19,21H2,1H3,(H,30,31)(H,35,36). The molecule has 0 aliphatic carbocycles. The predicted molar refractivity (Wildman–Crippen MR) is 143 cm³/mol. The van der Waals surface area contributed by atoms with Crippen molar-refractivity contribution in [2.75, 3.05) is 31.5 Å². The maximum Gasteiger partial charge on any atom is 0.411 e. The number of aryl methyl sites for hydroxylation is 1. The Balaban J connectivity index is 1.29. The first-order chi connectivity index (χ1) is 17.6. The van der Waals surface area contributed by atoms with Crippen molar-refractivity contribution in [2.45, 2.75) is 32.5 Å². The van der Waals surface area contributed by atoms with Gasteiger partial charge in [0.2, 0.25) is 5.95 Å². The van der Waals surface area contributed by atoms with E-state index in [1.165, 1.54) is 16.7 Å². The molecule has 4 aromatic rings. The molecule has 186 valence electrons. The molecule has 7 heteroatoms. The number of aromatic nitrogens is 2. The van der Waals surface area contributed by atoms with Crippen LogP contribution in [0, 0.1) is 0 Å². The van der Waals surface area contributed by atoms with Gasteiger partial charge in [-0.2, -0.15) is 0 Å². The molecular formula is C29H33N5O2. The van der Waals surface area contributed by atoms with Gasteiger partial charge in [0.15, 0.2) is 0 Å². The number of hydrogen-bond acceptors (Lipinski definition) is 4. The fourth-order valence-electron chi connectivity index (χ4n) is 5.24. The summed E-state index contributed by atoms with van der Waals surface area (Å²) in [5, 5.41) is 11.6. The molecule has 1 aromatic heterocycles. The van der Waals surface area contributed by atoms with E-state index in [-0.39, 0.29) is 6.04 Å². The van der Waals surface area contributed by atoms with Crippen LogP contribution in [0.3, 0.4) is 0 Å². The lowest BCUT2D eigenvalue weighted by molar-refractivity contribution is 0.105. The summed E-state index contributed by atoms with van der Waals surface area (Å²) in [7, 11) is 0. The second kappa shape index (κ2) is 10.9. The second-order valence-corrected chi connectivity index (χ2v) is 9.38. The Labute approximate surface area is 212 Å². The van der Waals surface area contributed by atoms with Crippen molar-refractivity contribution in [3.63, 3.8) is 0 Å². The van der Waals surface area contributed by atoms with Crippen LogP contribution in [-0.2, 0) is 13.1 Å². The molecule has 1 aliphatic heterocycles. The summed E-state index contributed by atoms with van der Waals surface area (Å²) in [5.41, 5.74) is 5.65. The number of benzene rings is 3. The van der Waals surface area contributed by atoms with Crippen LogP contribution < -0.4 is 5.32 Å². The van der Waals surface area contributed by atoms with Gasteiger partial charge in [0.1, 0.15) is 0 Å². The summed E-state index contributed by atoms with van der Waals surface area (Å²) in [5.74, 6) is 0.387. The largest absolute Gasteiger partial charge is 0.465 e. The normalized spacial score (nSPS) is 14.9. The lowest BCUT2D eigenvalue weighted by Gasteiger charge is -2.39. The lowest BCUT2D eigenvalue weighted by atomic mass is 9.96. The molecule has 0 radical (unpaired) electrons. The van der Waals surface area contributed by atoms with E-state index in [0.717, 1.165) is 56.7 Å². The zero-order valence-electron chi connectivity index (χ0n) is 20.7. The Morgan fingerprint density at radius 1 is 0.944 bits per heavy atom. The molecule has 0 saturated carbocycles. The average Bonchev–Trinajstić information content (AvgIpc) is 3.22. The van der Waals surface area contributed by atoms with Gasteiger partial charge in [-0.1, -0.05) is 73.7 Å². The van der Waals surface area contributed by atoms with Crippen LogP contribution in [0.15, 0.2) is 78.9 Å². The SMILES string of the molecule is CCCn1c(NC(=O)O)nc2cc(CN3CCN(C(c4ccccc4)c4ccccc4)CC3)ccc21. The third-order valence-electron chi connectivity index (χ3n) is 6.89. The summed E-state index contributed by atoms with van der Waals surface area (Å²) in [4.78, 5) is 20.9. The quantitative estimate of drug-likeness (QED) is 0.349. The molecule has 1 amide bonds. The van der Waals surface area contributed by atoms with E-state index < -0.39 is 6.09 Å². The number of rotatable bonds is 8. The maximum absolute atomic E-state index is 11.2. The van der Waals surface area contributed by atoms with Gasteiger partial charge in [-0.05, 0) is 35.2 Å². The number of carbonyl (C=O) groups is 1. The number of anilines is 1. The molecule has 1 aliphatic rings. The summed E-state index contributed by atoms with van der Waals surface area (Å²) in [6.45, 7) is 7.62. The molecule has 5 rings (SSSR count). The van der Waals surface area contributed by atoms with Crippen molar-refractivity contribution in [3.8, 4) is 0 Å². The van der Waals surface area contributed by atoms with E-state index in [1.807, 2.05) is 4.57 Å². The smallest absolute Gasteiger partial charge is 0.411 e. The molecule has 7 nitrogen and oxygen atoms in total. The number of nitrogens with zero attached hydrogens (tertiary/aromatic N) is 4. The number of fused-ring (bicyclic) bond motifs is 1. The van der Waals surface area contributed by atoms with Gasteiger partial charge in [-0.25, -0.2) is 9.78 Å². The van der Waals surface area contributed by atoms with Gasteiger partial charge in [0, 0.05) is 39.3 Å². The first kappa shape index (κ1) is 24.0. The second-order valence-electron chi connectivity index (χ2n) is 9.38. The molecule has 2 N–H and O–H groups in total. The molecule has 2 heterocycles. The Kier molecular flexibility index (Phi) is 7.30. The monoisotopic (exact) mass is 483 g/mol. The number of amides is 1. The molecule has 0 atom stereocenters. The van der Waals surface area contributed by atoms with Crippen LogP contribution in [0.4, 0.5) is 10.7 Å². The van der Waals surface area contributed by atoms with E-state index in [1.54, 1.807) is 0 Å². The van der Waals surface area contributed by atoms with E-state index in [4.69, 9.17) is 0 Å². The summed E-state index contributed by atoms with van der Waals surface area (Å²) in [6.07, 6.45) is -0.191. The number of nitrogens with one attached hydrogen (secondary N) is 1. The Bertz CT molecular complexity index is 1260. The van der Waals surface area contributed by atoms with Gasteiger partial charge in [0.25, 0.3) is 0 Å². The third kappa shape index (κ3) is 5.27. The number of hydrogen-bond donors (Lipinski definition) is 2. The lowest BCUT2D eigenvalue weighted by Crippen LogP contribution is -2.47. The zero-order chi connectivity index (χ0) is 24.9. The van der Waals surface area contributed by atoms with Crippen molar-refractivity contribution in [1.82, 2.24) is 19.4 Å². The summed E-state index contributed by atoms with van der Waals surface area (Å²) >= 11 is 0. The number of imidazole rings is 1. The minimum Gasteiger partial charge on any atom is -0.465 e. The highest BCUT2D eigenvalue weighted by molar-refractivity contribution is 5.86. The fourth-order valence-corrected chi connectivity index (χ4v) is 5.24. The van der Waals surface area contributed by atoms with Crippen LogP contribution in [-0.4, -0.2) is 56.7 Å². The minimum absolute atomic E-state index is 0.258. The van der Waals surface area contributed by atoms with Gasteiger partial charge in [-0.15, -0.1) is 0 Å². The van der Waals surface area contributed by atoms with Crippen LogP contribution in [0.5, 0.6) is 0 Å². The Morgan fingerprint density at radius 2 is 1.58 bits per heavy atom. The van der Waals surface area contributed by atoms with Gasteiger partial charge in [-0.3, -0.25) is 15.1 Å². The molecule has 0 bridgehead atoms. The number of carboxylic acid groups (broad SMARTS) is 1. The van der Waals surface area contributed by atoms with E-state index in [9.17, 15) is 9.90 Å². The minimum atomic E-state index is -1.09. The highest BCUT2D eigenvalue weighted by atomic mass is 16.4. The Morgan fingerprint density at radius 3 is 2.17 bits per heavy atom. The van der Waals surface area contributed by atoms with Gasteiger partial charge < -0.3 is 9.67 Å². The van der Waals surface area contributed by atoms with Crippen molar-refractivity contribution in [1.29, 1.82) is 0 Å². The molecule has 1 saturated heterocycles. The van der Waals surface area contributed by atoms with Crippen LogP contribution >= 0.6 is 0 Å². The fraction of sp³-hybridized carbons (Fsp3) is 0.310. The van der Waals surface area contributed by atoms with Crippen molar-refractivity contribution in [3.05, 3.63) is 95.6 Å². The number of piperazine rings is 1. The molecule has 3 aromatic carbocycles. The van der Waals surface area contributed by atoms with Gasteiger partial charge >= 0.3 is 6.09 Å². The van der Waals surface area contributed by atoms with Gasteiger partial charge in [0.05, 0.1) is 17.1 Å². The average molecular weight is 484 g/mol. The van der Waals surface area contributed by atoms with Crippen molar-refractivity contribution < 1.29 is 9.90 Å². The summed E-state index contributed by atoms with van der Waals surface area (Å²) in [6, 6.07) is 28.1. The van der Waals surface area contributed by atoms with Crippen molar-refractivity contribution in [2.24, 2.45) is 0 Å². The zero-order valence-corrected chi connectivity index (χ0v) is 20.7. The summed E-state index contributed by atoms with van der Waals surface area (Å²) < 4.78 is 1.94. The first-order valence-electron chi connectivity index (χ1n) is 12.7. The molecule has 0 unspecified atom stereocenters. The highest BCUT2D eigenvalue weighted by Gasteiger charge is 2.26. The third-order valence-corrected chi connectivity index (χ3v) is 6.89. The predicted octanol–water partition coefficient (Wildman–Crippen LogP) is 5.44.